The summed E-state index contributed by atoms with van der Waals surface area (Å²) in [7, 11) is 0. The second-order valence-corrected chi connectivity index (χ2v) is 5.13. The fraction of sp³-hybridized carbons (Fsp3) is 0. The van der Waals surface area contributed by atoms with Crippen molar-refractivity contribution in [3.63, 3.8) is 0 Å². The molecule has 0 fully saturated rings. The van der Waals surface area contributed by atoms with Crippen molar-refractivity contribution in [2.75, 3.05) is 5.73 Å². The fourth-order valence-electron chi connectivity index (χ4n) is 1.69. The molecule has 0 spiro atoms. The van der Waals surface area contributed by atoms with Gasteiger partial charge < -0.3 is 0 Å². The van der Waals surface area contributed by atoms with Crippen LogP contribution in [0.4, 0.5) is 5.88 Å². The third-order valence-corrected chi connectivity index (χ3v) is 4.33. The van der Waals surface area contributed by atoms with Crippen molar-refractivity contribution in [2.45, 2.75) is 0 Å². The SMILES string of the molecule is N#Cc1c(N)oc2c(-c3ccccc3)[se]nc12. The first-order valence-electron chi connectivity index (χ1n) is 4.94. The van der Waals surface area contributed by atoms with Crippen molar-refractivity contribution >= 4 is 31.7 Å². The molecule has 0 unspecified atom stereocenters. The van der Waals surface area contributed by atoms with Gasteiger partial charge in [-0.3, -0.25) is 0 Å². The fourth-order valence-corrected chi connectivity index (χ4v) is 3.41. The van der Waals surface area contributed by atoms with E-state index in [0.717, 1.165) is 10.0 Å². The number of nitriles is 1. The van der Waals surface area contributed by atoms with Crippen LogP contribution in [0.3, 0.4) is 0 Å². The number of furan rings is 1. The van der Waals surface area contributed by atoms with Gasteiger partial charge in [0.05, 0.1) is 0 Å². The second kappa shape index (κ2) is 3.77. The number of hydrogen-bond donors (Lipinski definition) is 1. The maximum absolute atomic E-state index is 8.98. The van der Waals surface area contributed by atoms with Gasteiger partial charge in [0.25, 0.3) is 0 Å². The molecule has 5 heteroatoms. The van der Waals surface area contributed by atoms with Gasteiger partial charge in [-0.05, 0) is 0 Å². The van der Waals surface area contributed by atoms with Crippen LogP contribution in [0.25, 0.3) is 21.1 Å². The van der Waals surface area contributed by atoms with E-state index >= 15 is 0 Å². The van der Waals surface area contributed by atoms with Crippen LogP contribution in [0, 0.1) is 11.3 Å². The minimum atomic E-state index is -0.0468. The number of anilines is 1. The molecule has 2 N–H and O–H groups in total. The van der Waals surface area contributed by atoms with Crippen LogP contribution in [-0.2, 0) is 0 Å². The third kappa shape index (κ3) is 1.47. The van der Waals surface area contributed by atoms with Crippen LogP contribution >= 0.6 is 0 Å². The first-order chi connectivity index (χ1) is 8.31. The Hall–Kier alpha value is -2.02. The summed E-state index contributed by atoms with van der Waals surface area (Å²) in [6.07, 6.45) is 0. The van der Waals surface area contributed by atoms with Gasteiger partial charge in [0, 0.05) is 0 Å². The van der Waals surface area contributed by atoms with Gasteiger partial charge in [-0.25, -0.2) is 0 Å². The van der Waals surface area contributed by atoms with Gasteiger partial charge in [0.1, 0.15) is 0 Å². The van der Waals surface area contributed by atoms with Crippen LogP contribution in [0.2, 0.25) is 0 Å². The van der Waals surface area contributed by atoms with Crippen LogP contribution in [0.5, 0.6) is 0 Å². The van der Waals surface area contributed by atoms with Crippen LogP contribution < -0.4 is 5.73 Å². The van der Waals surface area contributed by atoms with Crippen LogP contribution in [-0.4, -0.2) is 18.7 Å². The van der Waals surface area contributed by atoms with Gasteiger partial charge in [-0.2, -0.15) is 0 Å². The van der Waals surface area contributed by atoms with Gasteiger partial charge in [0.15, 0.2) is 0 Å². The zero-order chi connectivity index (χ0) is 11.8. The Bertz CT molecular complexity index is 721. The molecule has 17 heavy (non-hydrogen) atoms. The van der Waals surface area contributed by atoms with E-state index in [4.69, 9.17) is 15.4 Å². The molecule has 3 rings (SSSR count). The average molecular weight is 288 g/mol. The molecule has 0 amide bonds. The number of fused-ring (bicyclic) bond motifs is 1. The molecule has 2 aromatic heterocycles. The number of hydrogen-bond acceptors (Lipinski definition) is 4. The van der Waals surface area contributed by atoms with Crippen molar-refractivity contribution in [1.29, 1.82) is 5.26 Å². The van der Waals surface area contributed by atoms with E-state index in [1.807, 2.05) is 36.4 Å². The Morgan fingerprint density at radius 1 is 1.29 bits per heavy atom. The van der Waals surface area contributed by atoms with Crippen LogP contribution in [0.15, 0.2) is 34.7 Å². The van der Waals surface area contributed by atoms with Gasteiger partial charge in [-0.1, -0.05) is 0 Å². The molecule has 0 atom stereocenters. The first kappa shape index (κ1) is 10.2. The van der Waals surface area contributed by atoms with Gasteiger partial charge in [-0.15, -0.1) is 0 Å². The molecular formula is C12H7N3OSe. The molecule has 3 aromatic rings. The predicted molar refractivity (Wildman–Crippen MR) is 65.5 cm³/mol. The molecule has 0 radical (unpaired) electrons. The van der Waals surface area contributed by atoms with Crippen molar-refractivity contribution in [3.8, 4) is 16.1 Å². The number of rotatable bonds is 1. The Labute approximate surface area is 103 Å². The number of nitrogen functional groups attached to an aromatic ring is 1. The normalized spacial score (nSPS) is 10.5. The van der Waals surface area contributed by atoms with E-state index in [9.17, 15) is 0 Å². The summed E-state index contributed by atoms with van der Waals surface area (Å²) in [6, 6.07) is 11.9. The van der Waals surface area contributed by atoms with E-state index in [0.29, 0.717) is 16.7 Å². The Morgan fingerprint density at radius 3 is 2.76 bits per heavy atom. The van der Waals surface area contributed by atoms with Gasteiger partial charge >= 0.3 is 103 Å². The van der Waals surface area contributed by atoms with Crippen molar-refractivity contribution in [3.05, 3.63) is 35.9 Å². The monoisotopic (exact) mass is 289 g/mol. The molecule has 2 heterocycles. The molecule has 1 aromatic carbocycles. The summed E-state index contributed by atoms with van der Waals surface area (Å²) < 4.78 is 10.9. The summed E-state index contributed by atoms with van der Waals surface area (Å²) in [5.74, 6) is 0.158. The topological polar surface area (TPSA) is 75.8 Å². The van der Waals surface area contributed by atoms with E-state index in [2.05, 4.69) is 3.98 Å². The van der Waals surface area contributed by atoms with Crippen molar-refractivity contribution < 1.29 is 4.42 Å². The quantitative estimate of drug-likeness (QED) is 0.695. The molecule has 0 aliphatic heterocycles. The zero-order valence-electron chi connectivity index (χ0n) is 8.68. The molecule has 0 bridgehead atoms. The zero-order valence-corrected chi connectivity index (χ0v) is 10.4. The predicted octanol–water partition coefficient (Wildman–Crippen LogP) is 2.01. The molecule has 82 valence electrons. The number of nitrogens with zero attached hydrogens (tertiary/aromatic N) is 2. The number of aromatic nitrogens is 1. The van der Waals surface area contributed by atoms with Crippen LogP contribution in [0.1, 0.15) is 5.56 Å². The average Bonchev–Trinajstić information content (AvgIpc) is 2.87. The molecule has 0 saturated carbocycles. The molecule has 0 saturated heterocycles. The van der Waals surface area contributed by atoms with E-state index in [-0.39, 0.29) is 20.6 Å². The maximum atomic E-state index is 8.98. The molecule has 0 aliphatic carbocycles. The number of nitrogens with two attached hydrogens (primary N) is 1. The van der Waals surface area contributed by atoms with Crippen molar-refractivity contribution in [2.24, 2.45) is 0 Å². The first-order valence-corrected chi connectivity index (χ1v) is 6.56. The summed E-state index contributed by atoms with van der Waals surface area (Å²) >= 11 is -0.0468. The Morgan fingerprint density at radius 2 is 2.06 bits per heavy atom. The minimum absolute atomic E-state index is 0.0468. The molecule has 4 nitrogen and oxygen atoms in total. The van der Waals surface area contributed by atoms with E-state index < -0.39 is 0 Å². The van der Waals surface area contributed by atoms with E-state index in [1.54, 1.807) is 0 Å². The Balaban J connectivity index is 2.31. The second-order valence-electron chi connectivity index (χ2n) is 3.51. The third-order valence-electron chi connectivity index (χ3n) is 2.49. The Kier molecular flexibility index (Phi) is 2.25. The standard InChI is InChI=1S/C12H7N3OSe/c13-6-8-9-10(16-12(8)14)11(17-15-9)7-4-2-1-3-5-7/h1-5H,14H2. The summed E-state index contributed by atoms with van der Waals surface area (Å²) in [4.78, 5) is 0. The van der Waals surface area contributed by atoms with Gasteiger partial charge in [0.2, 0.25) is 0 Å². The summed E-state index contributed by atoms with van der Waals surface area (Å²) in [6.45, 7) is 0. The molecule has 0 aliphatic rings. The molecular weight excluding hydrogens is 281 g/mol. The number of benzene rings is 1. The van der Waals surface area contributed by atoms with E-state index in [1.165, 1.54) is 0 Å². The summed E-state index contributed by atoms with van der Waals surface area (Å²) in [5.41, 5.74) is 8.35. The van der Waals surface area contributed by atoms with Crippen molar-refractivity contribution in [1.82, 2.24) is 3.98 Å². The summed E-state index contributed by atoms with van der Waals surface area (Å²) in [5, 5.41) is 8.98.